The topological polar surface area (TPSA) is 115 Å². The van der Waals surface area contributed by atoms with Crippen LogP contribution in [0.4, 0.5) is 5.69 Å². The third kappa shape index (κ3) is 5.08. The molecule has 2 N–H and O–H groups in total. The lowest BCUT2D eigenvalue weighted by molar-refractivity contribution is 0.102. The maximum Gasteiger partial charge on any atom is 0.329 e. The molecule has 3 aromatic rings. The second-order valence-electron chi connectivity index (χ2n) is 7.84. The van der Waals surface area contributed by atoms with E-state index in [0.717, 1.165) is 0 Å². The van der Waals surface area contributed by atoms with Gasteiger partial charge in [0.05, 0.1) is 29.9 Å². The molecule has 0 aliphatic carbocycles. The van der Waals surface area contributed by atoms with Crippen LogP contribution in [0.3, 0.4) is 0 Å². The number of carbonyl (C=O) groups excluding carboxylic acids is 1. The molecule has 2 heterocycles. The van der Waals surface area contributed by atoms with Gasteiger partial charge in [-0.15, -0.1) is 0 Å². The Kier molecular flexibility index (Phi) is 7.52. The average molecular weight is 455 g/mol. The number of nitrogens with zero attached hydrogens (tertiary/aromatic N) is 2. The second kappa shape index (κ2) is 10.3. The minimum absolute atomic E-state index is 0.0225. The number of carbonyl (C=O) groups is 1. The van der Waals surface area contributed by atoms with Gasteiger partial charge in [-0.3, -0.25) is 19.1 Å². The highest BCUT2D eigenvalue weighted by atomic mass is 16.5. The monoisotopic (exact) mass is 454 g/mol. The molecule has 9 heteroatoms. The normalized spacial score (nSPS) is 11.1. The zero-order chi connectivity index (χ0) is 24.1. The lowest BCUT2D eigenvalue weighted by Gasteiger charge is -2.16. The fraction of sp³-hybridized carbons (Fsp3) is 0.417. The number of aromatic nitrogens is 3. The van der Waals surface area contributed by atoms with Gasteiger partial charge in [0.1, 0.15) is 11.5 Å². The number of rotatable bonds is 9. The Morgan fingerprint density at radius 3 is 2.48 bits per heavy atom. The van der Waals surface area contributed by atoms with Crippen molar-refractivity contribution in [3.8, 4) is 11.5 Å². The van der Waals surface area contributed by atoms with Gasteiger partial charge in [0.25, 0.3) is 11.5 Å². The van der Waals surface area contributed by atoms with Gasteiger partial charge < -0.3 is 14.8 Å². The maximum atomic E-state index is 13.5. The summed E-state index contributed by atoms with van der Waals surface area (Å²) < 4.78 is 12.6. The van der Waals surface area contributed by atoms with E-state index >= 15 is 0 Å². The van der Waals surface area contributed by atoms with E-state index < -0.39 is 17.2 Å². The highest BCUT2D eigenvalue weighted by Crippen LogP contribution is 2.30. The van der Waals surface area contributed by atoms with Crippen molar-refractivity contribution in [2.75, 3.05) is 18.5 Å². The van der Waals surface area contributed by atoms with E-state index in [-0.39, 0.29) is 22.5 Å². The highest BCUT2D eigenvalue weighted by Gasteiger charge is 2.21. The summed E-state index contributed by atoms with van der Waals surface area (Å²) >= 11 is 0. The number of anilines is 1. The second-order valence-corrected chi connectivity index (χ2v) is 7.84. The van der Waals surface area contributed by atoms with Gasteiger partial charge in [-0.05, 0) is 44.4 Å². The molecule has 0 saturated heterocycles. The number of nitrogens with one attached hydrogen (secondary N) is 2. The first-order valence-electron chi connectivity index (χ1n) is 11.2. The number of aromatic amines is 1. The molecule has 0 aliphatic heterocycles. The molecular weight excluding hydrogens is 424 g/mol. The van der Waals surface area contributed by atoms with Crippen LogP contribution in [0.5, 0.6) is 11.5 Å². The Balaban J connectivity index is 2.20. The Morgan fingerprint density at radius 2 is 1.85 bits per heavy atom. The Hall–Kier alpha value is -3.62. The minimum Gasteiger partial charge on any atom is -0.494 e. The van der Waals surface area contributed by atoms with Crippen LogP contribution >= 0.6 is 0 Å². The number of ether oxygens (including phenoxy) is 2. The molecule has 0 fully saturated rings. The van der Waals surface area contributed by atoms with Gasteiger partial charge in [-0.1, -0.05) is 20.8 Å². The smallest absolute Gasteiger partial charge is 0.329 e. The van der Waals surface area contributed by atoms with Crippen molar-refractivity contribution in [1.82, 2.24) is 14.5 Å². The van der Waals surface area contributed by atoms with Crippen LogP contribution < -0.4 is 26.0 Å². The van der Waals surface area contributed by atoms with E-state index in [1.54, 1.807) is 24.3 Å². The van der Waals surface area contributed by atoms with Crippen LogP contribution in [0.1, 0.15) is 63.0 Å². The van der Waals surface area contributed by atoms with Crippen molar-refractivity contribution >= 4 is 22.6 Å². The first kappa shape index (κ1) is 24.0. The van der Waals surface area contributed by atoms with Crippen molar-refractivity contribution in [3.63, 3.8) is 0 Å². The number of amides is 1. The van der Waals surface area contributed by atoms with Crippen LogP contribution in [0.2, 0.25) is 0 Å². The van der Waals surface area contributed by atoms with Gasteiger partial charge in [0.15, 0.2) is 5.65 Å². The summed E-state index contributed by atoms with van der Waals surface area (Å²) in [4.78, 5) is 45.6. The molecule has 0 aliphatic rings. The van der Waals surface area contributed by atoms with E-state index in [2.05, 4.69) is 15.3 Å². The fourth-order valence-corrected chi connectivity index (χ4v) is 3.53. The van der Waals surface area contributed by atoms with E-state index in [1.165, 1.54) is 4.57 Å². The third-order valence-electron chi connectivity index (χ3n) is 5.06. The third-order valence-corrected chi connectivity index (χ3v) is 5.06. The average Bonchev–Trinajstić information content (AvgIpc) is 2.77. The summed E-state index contributed by atoms with van der Waals surface area (Å²) in [6.07, 6.45) is 0.665. The number of H-pyrrole nitrogens is 1. The first-order chi connectivity index (χ1) is 15.8. The minimum atomic E-state index is -0.650. The lowest BCUT2D eigenvalue weighted by Crippen LogP contribution is -2.32. The number of hydrogen-bond donors (Lipinski definition) is 2. The van der Waals surface area contributed by atoms with Crippen molar-refractivity contribution in [1.29, 1.82) is 0 Å². The zero-order valence-corrected chi connectivity index (χ0v) is 19.7. The predicted molar refractivity (Wildman–Crippen MR) is 128 cm³/mol. The largest absolute Gasteiger partial charge is 0.494 e. The molecule has 0 radical (unpaired) electrons. The van der Waals surface area contributed by atoms with Crippen molar-refractivity contribution in [2.24, 2.45) is 0 Å². The Labute approximate surface area is 191 Å². The molecule has 3 rings (SSSR count). The number of hydrogen-bond acceptors (Lipinski definition) is 6. The summed E-state index contributed by atoms with van der Waals surface area (Å²) in [6, 6.07) is 6.76. The molecule has 0 unspecified atom stereocenters. The molecular formula is C24H30N4O5. The first-order valence-corrected chi connectivity index (χ1v) is 11.2. The summed E-state index contributed by atoms with van der Waals surface area (Å²) in [5.74, 6) is 0.527. The van der Waals surface area contributed by atoms with Crippen molar-refractivity contribution in [2.45, 2.75) is 53.5 Å². The van der Waals surface area contributed by atoms with Crippen LogP contribution in [-0.4, -0.2) is 33.7 Å². The number of benzene rings is 1. The standard InChI is InChI=1S/C24H30N4O5/c1-6-11-28-21-20(23(30)27-24(28)31)16(13-17(25-21)14(4)5)22(29)26-18-12-15(32-7-2)9-10-19(18)33-8-3/h9-10,12-14H,6-8,11H2,1-5H3,(H,26,29)(H,27,30,31). The molecule has 2 aromatic heterocycles. The molecule has 0 saturated carbocycles. The van der Waals surface area contributed by atoms with Crippen LogP contribution in [0, 0.1) is 0 Å². The molecule has 33 heavy (non-hydrogen) atoms. The van der Waals surface area contributed by atoms with Crippen LogP contribution in [0.25, 0.3) is 11.0 Å². The van der Waals surface area contributed by atoms with Gasteiger partial charge in [0, 0.05) is 18.3 Å². The van der Waals surface area contributed by atoms with Gasteiger partial charge >= 0.3 is 5.69 Å². The maximum absolute atomic E-state index is 13.5. The highest BCUT2D eigenvalue weighted by molar-refractivity contribution is 6.12. The Morgan fingerprint density at radius 1 is 1.12 bits per heavy atom. The van der Waals surface area contributed by atoms with E-state index in [0.29, 0.717) is 49.1 Å². The van der Waals surface area contributed by atoms with Crippen molar-refractivity contribution in [3.05, 3.63) is 56.4 Å². The van der Waals surface area contributed by atoms with Crippen LogP contribution in [-0.2, 0) is 6.54 Å². The predicted octanol–water partition coefficient (Wildman–Crippen LogP) is 3.67. The van der Waals surface area contributed by atoms with Gasteiger partial charge in [-0.2, -0.15) is 0 Å². The van der Waals surface area contributed by atoms with E-state index in [9.17, 15) is 14.4 Å². The fourth-order valence-electron chi connectivity index (χ4n) is 3.53. The summed E-state index contributed by atoms with van der Waals surface area (Å²) in [6.45, 7) is 10.8. The molecule has 9 nitrogen and oxygen atoms in total. The van der Waals surface area contributed by atoms with Gasteiger partial charge in [0.2, 0.25) is 0 Å². The summed E-state index contributed by atoms with van der Waals surface area (Å²) in [7, 11) is 0. The summed E-state index contributed by atoms with van der Waals surface area (Å²) in [5.41, 5.74) is 0.174. The Bertz CT molecular complexity index is 1280. The lowest BCUT2D eigenvalue weighted by atomic mass is 10.0. The van der Waals surface area contributed by atoms with E-state index in [1.807, 2.05) is 34.6 Å². The van der Waals surface area contributed by atoms with Crippen LogP contribution in [0.15, 0.2) is 33.9 Å². The molecule has 1 aromatic carbocycles. The molecule has 0 atom stereocenters. The molecule has 0 bridgehead atoms. The SMILES string of the molecule is CCCn1c(=O)[nH]c(=O)c2c(C(=O)Nc3cc(OCC)ccc3OCC)cc(C(C)C)nc21. The zero-order valence-electron chi connectivity index (χ0n) is 19.7. The number of aryl methyl sites for hydroxylation is 1. The molecule has 0 spiro atoms. The van der Waals surface area contributed by atoms with Crippen molar-refractivity contribution < 1.29 is 14.3 Å². The van der Waals surface area contributed by atoms with Gasteiger partial charge in [-0.25, -0.2) is 9.78 Å². The quantitative estimate of drug-likeness (QED) is 0.510. The summed E-state index contributed by atoms with van der Waals surface area (Å²) in [5, 5.41) is 2.92. The number of fused-ring (bicyclic) bond motifs is 1. The molecule has 1 amide bonds. The van der Waals surface area contributed by atoms with E-state index in [4.69, 9.17) is 9.47 Å². The molecule has 176 valence electrons. The number of pyridine rings is 1.